The van der Waals surface area contributed by atoms with Crippen LogP contribution in [-0.4, -0.2) is 37.2 Å². The summed E-state index contributed by atoms with van der Waals surface area (Å²) in [4.78, 5) is 37.8. The fraction of sp³-hybridized carbons (Fsp3) is 0.940. The summed E-state index contributed by atoms with van der Waals surface area (Å²) in [7, 11) is 0. The first-order valence-electron chi connectivity index (χ1n) is 24.6. The first-order valence-corrected chi connectivity index (χ1v) is 24.6. The van der Waals surface area contributed by atoms with Gasteiger partial charge < -0.3 is 14.2 Å². The van der Waals surface area contributed by atoms with Crippen molar-refractivity contribution < 1.29 is 28.6 Å². The van der Waals surface area contributed by atoms with Gasteiger partial charge in [0.2, 0.25) is 0 Å². The van der Waals surface area contributed by atoms with Gasteiger partial charge in [-0.1, -0.05) is 228 Å². The third-order valence-corrected chi connectivity index (χ3v) is 11.5. The molecular formula is C50H96O6. The van der Waals surface area contributed by atoms with Gasteiger partial charge in [0.1, 0.15) is 13.2 Å². The Balaban J connectivity index is 4.25. The standard InChI is InChI=1S/C50H96O6/c1-7-46(6)38-32-26-20-14-12-10-8-9-11-13-15-21-27-33-39-48(51)54-42-47(56-50(53)41-35-29-23-17-19-25-31-37-45(4)5)43-55-49(52)40-34-28-22-16-18-24-30-36-44(2)3/h44-47H,7-43H2,1-6H3/t46?,47-/m1/s1. The topological polar surface area (TPSA) is 78.9 Å². The van der Waals surface area contributed by atoms with Crippen LogP contribution in [0.5, 0.6) is 0 Å². The van der Waals surface area contributed by atoms with E-state index in [1.165, 1.54) is 148 Å². The van der Waals surface area contributed by atoms with Crippen molar-refractivity contribution in [3.8, 4) is 0 Å². The zero-order valence-electron chi connectivity index (χ0n) is 38.4. The molecule has 0 N–H and O–H groups in total. The van der Waals surface area contributed by atoms with Crippen molar-refractivity contribution in [2.45, 2.75) is 272 Å². The largest absolute Gasteiger partial charge is 0.462 e. The molecule has 6 heteroatoms. The lowest BCUT2D eigenvalue weighted by Gasteiger charge is -2.18. The van der Waals surface area contributed by atoms with E-state index in [1.807, 2.05) is 0 Å². The van der Waals surface area contributed by atoms with Crippen molar-refractivity contribution in [2.75, 3.05) is 13.2 Å². The van der Waals surface area contributed by atoms with Gasteiger partial charge in [0, 0.05) is 19.3 Å². The molecule has 0 rings (SSSR count). The number of ether oxygens (including phenoxy) is 3. The van der Waals surface area contributed by atoms with E-state index in [-0.39, 0.29) is 31.1 Å². The van der Waals surface area contributed by atoms with E-state index in [0.717, 1.165) is 75.5 Å². The Morgan fingerprint density at radius 1 is 0.357 bits per heavy atom. The highest BCUT2D eigenvalue weighted by atomic mass is 16.6. The van der Waals surface area contributed by atoms with Crippen LogP contribution in [0, 0.1) is 17.8 Å². The zero-order chi connectivity index (χ0) is 41.3. The number of carbonyl (C=O) groups is 3. The summed E-state index contributed by atoms with van der Waals surface area (Å²) in [5, 5.41) is 0. The molecule has 0 aliphatic carbocycles. The molecular weight excluding hydrogens is 697 g/mol. The lowest BCUT2D eigenvalue weighted by atomic mass is 9.99. The second kappa shape index (κ2) is 41.6. The molecule has 0 saturated carbocycles. The first-order chi connectivity index (χ1) is 27.1. The third-order valence-electron chi connectivity index (χ3n) is 11.5. The van der Waals surface area contributed by atoms with Crippen molar-refractivity contribution >= 4 is 17.9 Å². The third kappa shape index (κ3) is 42.0. The predicted octanol–water partition coefficient (Wildman–Crippen LogP) is 15.6. The van der Waals surface area contributed by atoms with Crippen molar-refractivity contribution in [1.29, 1.82) is 0 Å². The molecule has 56 heavy (non-hydrogen) atoms. The van der Waals surface area contributed by atoms with Crippen LogP contribution in [0.25, 0.3) is 0 Å². The zero-order valence-corrected chi connectivity index (χ0v) is 38.4. The predicted molar refractivity (Wildman–Crippen MR) is 238 cm³/mol. The smallest absolute Gasteiger partial charge is 0.306 e. The minimum atomic E-state index is -0.762. The lowest BCUT2D eigenvalue weighted by molar-refractivity contribution is -0.167. The first kappa shape index (κ1) is 54.4. The second-order valence-corrected chi connectivity index (χ2v) is 18.3. The van der Waals surface area contributed by atoms with Crippen LogP contribution in [0.15, 0.2) is 0 Å². The second-order valence-electron chi connectivity index (χ2n) is 18.3. The molecule has 2 atom stereocenters. The monoisotopic (exact) mass is 793 g/mol. The average molecular weight is 793 g/mol. The number of carbonyl (C=O) groups excluding carboxylic acids is 3. The van der Waals surface area contributed by atoms with E-state index in [9.17, 15) is 14.4 Å². The van der Waals surface area contributed by atoms with Gasteiger partial charge in [-0.3, -0.25) is 14.4 Å². The summed E-state index contributed by atoms with van der Waals surface area (Å²) in [6, 6.07) is 0. The quantitative estimate of drug-likeness (QED) is 0.0348. The molecule has 332 valence electrons. The van der Waals surface area contributed by atoms with Crippen LogP contribution in [0.2, 0.25) is 0 Å². The molecule has 0 aromatic carbocycles. The number of hydrogen-bond acceptors (Lipinski definition) is 6. The van der Waals surface area contributed by atoms with Gasteiger partial charge in [-0.15, -0.1) is 0 Å². The van der Waals surface area contributed by atoms with Gasteiger partial charge in [0.25, 0.3) is 0 Å². The number of hydrogen-bond donors (Lipinski definition) is 0. The van der Waals surface area contributed by atoms with E-state index in [1.54, 1.807) is 0 Å². The van der Waals surface area contributed by atoms with Gasteiger partial charge in [0.15, 0.2) is 6.10 Å². The maximum Gasteiger partial charge on any atom is 0.306 e. The highest BCUT2D eigenvalue weighted by Gasteiger charge is 2.19. The van der Waals surface area contributed by atoms with Gasteiger partial charge >= 0.3 is 17.9 Å². The van der Waals surface area contributed by atoms with Crippen molar-refractivity contribution in [2.24, 2.45) is 17.8 Å². The molecule has 1 unspecified atom stereocenters. The molecule has 0 aromatic heterocycles. The summed E-state index contributed by atoms with van der Waals surface area (Å²) in [5.74, 6) is 1.59. The Labute approximate surface area is 348 Å². The van der Waals surface area contributed by atoms with E-state index < -0.39 is 6.10 Å². The average Bonchev–Trinajstić information content (AvgIpc) is 3.16. The SMILES string of the molecule is CCC(C)CCCCCCCCCCCCCCCCC(=O)OC[C@H](COC(=O)CCCCCCCCCC(C)C)OC(=O)CCCCCCCCCC(C)C. The maximum atomic E-state index is 12.7. The maximum absolute atomic E-state index is 12.7. The van der Waals surface area contributed by atoms with E-state index in [4.69, 9.17) is 14.2 Å². The molecule has 0 amide bonds. The van der Waals surface area contributed by atoms with Crippen LogP contribution < -0.4 is 0 Å². The van der Waals surface area contributed by atoms with Crippen LogP contribution in [-0.2, 0) is 28.6 Å². The molecule has 0 fully saturated rings. The van der Waals surface area contributed by atoms with E-state index in [2.05, 4.69) is 41.5 Å². The summed E-state index contributed by atoms with van der Waals surface area (Å²) >= 11 is 0. The van der Waals surface area contributed by atoms with Crippen LogP contribution in [0.1, 0.15) is 266 Å². The summed E-state index contributed by atoms with van der Waals surface area (Å²) in [6.07, 6.45) is 39.6. The summed E-state index contributed by atoms with van der Waals surface area (Å²) in [6.45, 7) is 13.6. The molecule has 0 bridgehead atoms. The highest BCUT2D eigenvalue weighted by molar-refractivity contribution is 5.71. The molecule has 0 heterocycles. The molecule has 0 spiro atoms. The number of esters is 3. The van der Waals surface area contributed by atoms with Crippen LogP contribution in [0.3, 0.4) is 0 Å². The molecule has 0 aliphatic heterocycles. The van der Waals surface area contributed by atoms with Crippen molar-refractivity contribution in [3.63, 3.8) is 0 Å². The Morgan fingerprint density at radius 3 is 0.929 bits per heavy atom. The minimum absolute atomic E-state index is 0.0662. The Morgan fingerprint density at radius 2 is 0.625 bits per heavy atom. The van der Waals surface area contributed by atoms with Gasteiger partial charge in [-0.05, 0) is 37.0 Å². The van der Waals surface area contributed by atoms with Crippen LogP contribution >= 0.6 is 0 Å². The Kier molecular flexibility index (Phi) is 40.4. The van der Waals surface area contributed by atoms with Gasteiger partial charge in [0.05, 0.1) is 0 Å². The van der Waals surface area contributed by atoms with Gasteiger partial charge in [-0.2, -0.15) is 0 Å². The fourth-order valence-corrected chi connectivity index (χ4v) is 7.38. The lowest BCUT2D eigenvalue weighted by Crippen LogP contribution is -2.30. The number of rotatable bonds is 43. The Bertz CT molecular complexity index is 870. The van der Waals surface area contributed by atoms with Crippen LogP contribution in [0.4, 0.5) is 0 Å². The normalized spacial score (nSPS) is 12.6. The van der Waals surface area contributed by atoms with Gasteiger partial charge in [-0.25, -0.2) is 0 Å². The molecule has 6 nitrogen and oxygen atoms in total. The minimum Gasteiger partial charge on any atom is -0.462 e. The highest BCUT2D eigenvalue weighted by Crippen LogP contribution is 2.18. The Hall–Kier alpha value is -1.59. The molecule has 0 aromatic rings. The van der Waals surface area contributed by atoms with E-state index >= 15 is 0 Å². The number of unbranched alkanes of at least 4 members (excludes halogenated alkanes) is 25. The molecule has 0 saturated heterocycles. The molecule has 0 aliphatic rings. The molecule has 0 radical (unpaired) electrons. The summed E-state index contributed by atoms with van der Waals surface area (Å²) in [5.41, 5.74) is 0. The van der Waals surface area contributed by atoms with Crippen molar-refractivity contribution in [3.05, 3.63) is 0 Å². The van der Waals surface area contributed by atoms with E-state index in [0.29, 0.717) is 19.3 Å². The fourth-order valence-electron chi connectivity index (χ4n) is 7.38. The van der Waals surface area contributed by atoms with Crippen molar-refractivity contribution in [1.82, 2.24) is 0 Å². The summed E-state index contributed by atoms with van der Waals surface area (Å²) < 4.78 is 16.7.